The quantitative estimate of drug-likeness (QED) is 0.767. The standard InChI is InChI=1S/C18H22N6O2/c1-12-21-18(26-22-12)14-3-4-15(20-11-14)24-8-5-13(6-9-24)16(25)17-19-7-10-23(17)2/h3-4,7,10-11,13,16,25H,5-6,8-9H2,1-2H3/t16-/m0/s1. The molecule has 0 radical (unpaired) electrons. The van der Waals surface area contributed by atoms with Crippen molar-refractivity contribution in [1.29, 1.82) is 0 Å². The molecule has 3 aromatic heterocycles. The highest BCUT2D eigenvalue weighted by Crippen LogP contribution is 2.31. The fourth-order valence-electron chi connectivity index (χ4n) is 3.43. The molecular formula is C18H22N6O2. The summed E-state index contributed by atoms with van der Waals surface area (Å²) in [6, 6.07) is 3.93. The van der Waals surface area contributed by atoms with E-state index >= 15 is 0 Å². The van der Waals surface area contributed by atoms with Crippen molar-refractivity contribution in [2.24, 2.45) is 13.0 Å². The van der Waals surface area contributed by atoms with E-state index in [2.05, 4.69) is 25.0 Å². The topological polar surface area (TPSA) is 93.1 Å². The number of hydrogen-bond donors (Lipinski definition) is 1. The Balaban J connectivity index is 1.39. The maximum atomic E-state index is 10.6. The average Bonchev–Trinajstić information content (AvgIpc) is 3.30. The minimum absolute atomic E-state index is 0.216. The molecule has 0 amide bonds. The Morgan fingerprint density at radius 3 is 2.62 bits per heavy atom. The van der Waals surface area contributed by atoms with Crippen LogP contribution in [0.3, 0.4) is 0 Å². The summed E-state index contributed by atoms with van der Waals surface area (Å²) in [6.45, 7) is 3.51. The molecule has 1 aliphatic heterocycles. The summed E-state index contributed by atoms with van der Waals surface area (Å²) >= 11 is 0. The molecule has 1 fully saturated rings. The molecule has 0 aromatic carbocycles. The van der Waals surface area contributed by atoms with Gasteiger partial charge in [-0.1, -0.05) is 5.16 Å². The third kappa shape index (κ3) is 3.20. The third-order valence-corrected chi connectivity index (χ3v) is 4.96. The van der Waals surface area contributed by atoms with E-state index in [9.17, 15) is 5.11 Å². The van der Waals surface area contributed by atoms with Crippen molar-refractivity contribution in [3.05, 3.63) is 42.4 Å². The molecule has 1 aliphatic rings. The zero-order chi connectivity index (χ0) is 18.1. The maximum Gasteiger partial charge on any atom is 0.259 e. The van der Waals surface area contributed by atoms with E-state index < -0.39 is 6.10 Å². The van der Waals surface area contributed by atoms with Crippen LogP contribution in [0.4, 0.5) is 5.82 Å². The molecule has 3 aromatic rings. The van der Waals surface area contributed by atoms with Crippen molar-refractivity contribution in [1.82, 2.24) is 24.7 Å². The largest absolute Gasteiger partial charge is 0.385 e. The molecule has 0 unspecified atom stereocenters. The Morgan fingerprint density at radius 1 is 1.23 bits per heavy atom. The lowest BCUT2D eigenvalue weighted by Crippen LogP contribution is -2.36. The number of imidazole rings is 1. The summed E-state index contributed by atoms with van der Waals surface area (Å²) < 4.78 is 7.06. The van der Waals surface area contributed by atoms with Gasteiger partial charge in [0.15, 0.2) is 5.82 Å². The predicted octanol–water partition coefficient (Wildman–Crippen LogP) is 2.12. The van der Waals surface area contributed by atoms with Crippen LogP contribution in [0, 0.1) is 12.8 Å². The van der Waals surface area contributed by atoms with E-state index in [4.69, 9.17) is 4.52 Å². The molecule has 0 spiro atoms. The Morgan fingerprint density at radius 2 is 2.04 bits per heavy atom. The van der Waals surface area contributed by atoms with E-state index in [-0.39, 0.29) is 5.92 Å². The lowest BCUT2D eigenvalue weighted by atomic mass is 9.90. The SMILES string of the molecule is Cc1noc(-c2ccc(N3CCC([C@H](O)c4nccn4C)CC3)nc2)n1. The monoisotopic (exact) mass is 354 g/mol. The number of pyridine rings is 1. The first-order valence-corrected chi connectivity index (χ1v) is 8.79. The Hall–Kier alpha value is -2.74. The van der Waals surface area contributed by atoms with Gasteiger partial charge in [-0.15, -0.1) is 0 Å². The minimum atomic E-state index is -0.520. The number of anilines is 1. The smallest absolute Gasteiger partial charge is 0.259 e. The molecule has 0 bridgehead atoms. The van der Waals surface area contributed by atoms with Gasteiger partial charge in [0.1, 0.15) is 17.7 Å². The lowest BCUT2D eigenvalue weighted by Gasteiger charge is -2.34. The van der Waals surface area contributed by atoms with Gasteiger partial charge in [0.25, 0.3) is 5.89 Å². The first-order chi connectivity index (χ1) is 12.6. The highest BCUT2D eigenvalue weighted by molar-refractivity contribution is 5.54. The molecule has 1 atom stereocenters. The van der Waals surface area contributed by atoms with E-state index in [1.165, 1.54) is 0 Å². The number of hydrogen-bond acceptors (Lipinski definition) is 7. The number of aliphatic hydroxyl groups excluding tert-OH is 1. The van der Waals surface area contributed by atoms with E-state index in [1.807, 2.05) is 29.9 Å². The summed E-state index contributed by atoms with van der Waals surface area (Å²) in [5.74, 6) is 2.97. The first kappa shape index (κ1) is 16.7. The molecule has 1 N–H and O–H groups in total. The lowest BCUT2D eigenvalue weighted by molar-refractivity contribution is 0.0824. The van der Waals surface area contributed by atoms with Gasteiger partial charge in [0, 0.05) is 38.7 Å². The Labute approximate surface area is 151 Å². The van der Waals surface area contributed by atoms with Crippen molar-refractivity contribution in [3.63, 3.8) is 0 Å². The second-order valence-electron chi connectivity index (χ2n) is 6.72. The molecule has 136 valence electrons. The second-order valence-corrected chi connectivity index (χ2v) is 6.72. The van der Waals surface area contributed by atoms with Crippen LogP contribution in [0.5, 0.6) is 0 Å². The van der Waals surface area contributed by atoms with Gasteiger partial charge in [-0.2, -0.15) is 4.98 Å². The molecule has 8 heteroatoms. The molecule has 26 heavy (non-hydrogen) atoms. The van der Waals surface area contributed by atoms with Crippen LogP contribution in [-0.4, -0.2) is 42.9 Å². The van der Waals surface area contributed by atoms with Gasteiger partial charge in [-0.05, 0) is 37.8 Å². The van der Waals surface area contributed by atoms with Crippen LogP contribution in [0.1, 0.15) is 30.6 Å². The fourth-order valence-corrected chi connectivity index (χ4v) is 3.43. The van der Waals surface area contributed by atoms with Gasteiger partial charge in [-0.25, -0.2) is 9.97 Å². The summed E-state index contributed by atoms with van der Waals surface area (Å²) in [6.07, 6.45) is 6.64. The van der Waals surface area contributed by atoms with Crippen molar-refractivity contribution in [2.45, 2.75) is 25.9 Å². The number of rotatable bonds is 4. The Bertz CT molecular complexity index is 864. The van der Waals surface area contributed by atoms with Crippen LogP contribution in [0.15, 0.2) is 35.2 Å². The van der Waals surface area contributed by atoms with Crippen LogP contribution in [0.2, 0.25) is 0 Å². The van der Waals surface area contributed by atoms with Crippen molar-refractivity contribution in [3.8, 4) is 11.5 Å². The predicted molar refractivity (Wildman–Crippen MR) is 95.4 cm³/mol. The zero-order valence-electron chi connectivity index (χ0n) is 14.9. The van der Waals surface area contributed by atoms with Gasteiger partial charge >= 0.3 is 0 Å². The molecule has 4 heterocycles. The minimum Gasteiger partial charge on any atom is -0.385 e. The van der Waals surface area contributed by atoms with Gasteiger partial charge in [0.2, 0.25) is 0 Å². The summed E-state index contributed by atoms with van der Waals surface area (Å²) in [7, 11) is 1.91. The molecule has 0 aliphatic carbocycles. The molecule has 4 rings (SSSR count). The van der Waals surface area contributed by atoms with Crippen LogP contribution >= 0.6 is 0 Å². The number of piperidine rings is 1. The molecular weight excluding hydrogens is 332 g/mol. The number of aryl methyl sites for hydroxylation is 2. The number of nitrogens with zero attached hydrogens (tertiary/aromatic N) is 6. The highest BCUT2D eigenvalue weighted by atomic mass is 16.5. The first-order valence-electron chi connectivity index (χ1n) is 8.79. The number of aliphatic hydroxyl groups is 1. The van der Waals surface area contributed by atoms with E-state index in [0.717, 1.165) is 43.1 Å². The Kier molecular flexibility index (Phi) is 4.42. The van der Waals surface area contributed by atoms with E-state index in [1.54, 1.807) is 19.3 Å². The summed E-state index contributed by atoms with van der Waals surface area (Å²) in [5.41, 5.74) is 0.814. The summed E-state index contributed by atoms with van der Waals surface area (Å²) in [5, 5.41) is 14.4. The van der Waals surface area contributed by atoms with Crippen molar-refractivity contribution < 1.29 is 9.63 Å². The average molecular weight is 354 g/mol. The molecule has 8 nitrogen and oxygen atoms in total. The van der Waals surface area contributed by atoms with Crippen LogP contribution in [0.25, 0.3) is 11.5 Å². The van der Waals surface area contributed by atoms with Crippen molar-refractivity contribution >= 4 is 5.82 Å². The summed E-state index contributed by atoms with van der Waals surface area (Å²) in [4.78, 5) is 15.3. The molecule has 0 saturated carbocycles. The third-order valence-electron chi connectivity index (χ3n) is 4.96. The van der Waals surface area contributed by atoms with E-state index in [0.29, 0.717) is 11.7 Å². The van der Waals surface area contributed by atoms with Crippen LogP contribution < -0.4 is 4.90 Å². The zero-order valence-corrected chi connectivity index (χ0v) is 14.9. The van der Waals surface area contributed by atoms with Gasteiger partial charge in [-0.3, -0.25) is 0 Å². The van der Waals surface area contributed by atoms with Crippen LogP contribution in [-0.2, 0) is 7.05 Å². The van der Waals surface area contributed by atoms with Crippen molar-refractivity contribution in [2.75, 3.05) is 18.0 Å². The maximum absolute atomic E-state index is 10.6. The van der Waals surface area contributed by atoms with Gasteiger partial charge < -0.3 is 19.1 Å². The number of aromatic nitrogens is 5. The second kappa shape index (κ2) is 6.87. The fraction of sp³-hybridized carbons (Fsp3) is 0.444. The van der Waals surface area contributed by atoms with Gasteiger partial charge in [0.05, 0.1) is 5.56 Å². The molecule has 1 saturated heterocycles. The normalized spacial score (nSPS) is 16.8. The highest BCUT2D eigenvalue weighted by Gasteiger charge is 2.28.